The number of carbonyl (C=O) groups is 2. The number of hydrogen-bond acceptors (Lipinski definition) is 3. The minimum Gasteiger partial charge on any atom is -0.368 e. The van der Waals surface area contributed by atoms with E-state index >= 15 is 0 Å². The Kier molecular flexibility index (Phi) is 6.29. The molecule has 1 fully saturated rings. The zero-order valence-electron chi connectivity index (χ0n) is 16.3. The number of carbonyl (C=O) groups excluding carboxylic acids is 2. The molecule has 1 atom stereocenters. The third-order valence-electron chi connectivity index (χ3n) is 5.17. The van der Waals surface area contributed by atoms with E-state index in [1.54, 1.807) is 19.1 Å². The molecule has 1 aliphatic heterocycles. The van der Waals surface area contributed by atoms with E-state index in [0.717, 1.165) is 43.1 Å². The van der Waals surface area contributed by atoms with Gasteiger partial charge in [0.1, 0.15) is 5.82 Å². The minimum absolute atomic E-state index is 0.0115. The largest absolute Gasteiger partial charge is 0.368 e. The highest BCUT2D eigenvalue weighted by Crippen LogP contribution is 2.22. The molecule has 148 valence electrons. The van der Waals surface area contributed by atoms with E-state index < -0.39 is 0 Å². The summed E-state index contributed by atoms with van der Waals surface area (Å²) in [6.07, 6.45) is 0.334. The molecule has 0 aromatic heterocycles. The summed E-state index contributed by atoms with van der Waals surface area (Å²) < 4.78 is 13.0. The van der Waals surface area contributed by atoms with E-state index in [9.17, 15) is 14.0 Å². The highest BCUT2D eigenvalue weighted by Gasteiger charge is 2.19. The molecule has 0 radical (unpaired) electrons. The monoisotopic (exact) mass is 383 g/mol. The van der Waals surface area contributed by atoms with Crippen LogP contribution in [0.3, 0.4) is 0 Å². The predicted molar refractivity (Wildman–Crippen MR) is 109 cm³/mol. The fraction of sp³-hybridized carbons (Fsp3) is 0.364. The maximum Gasteiger partial charge on any atom is 0.224 e. The standard InChI is InChI=1S/C22H26FN3O2/c1-16(18-3-5-19(23)6-4-18)15-22(28)24-20-7-9-21(10-8-20)26-13-11-25(12-14-26)17(2)27/h3-10,16H,11-15H2,1-2H3,(H,24,28). The minimum atomic E-state index is -0.275. The zero-order chi connectivity index (χ0) is 20.1. The molecular formula is C22H26FN3O2. The molecule has 2 aromatic rings. The number of piperazine rings is 1. The first-order valence-corrected chi connectivity index (χ1v) is 9.58. The molecular weight excluding hydrogens is 357 g/mol. The van der Waals surface area contributed by atoms with Crippen molar-refractivity contribution in [2.75, 3.05) is 36.4 Å². The molecule has 0 spiro atoms. The Morgan fingerprint density at radius 1 is 1.00 bits per heavy atom. The SMILES string of the molecule is CC(=O)N1CCN(c2ccc(NC(=O)CC(C)c3ccc(F)cc3)cc2)CC1. The van der Waals surface area contributed by atoms with Gasteiger partial charge in [-0.25, -0.2) is 4.39 Å². The normalized spacial score (nSPS) is 15.2. The molecule has 28 heavy (non-hydrogen) atoms. The average molecular weight is 383 g/mol. The predicted octanol–water partition coefficient (Wildman–Crippen LogP) is 3.63. The van der Waals surface area contributed by atoms with Gasteiger partial charge in [-0.1, -0.05) is 19.1 Å². The van der Waals surface area contributed by atoms with E-state index in [-0.39, 0.29) is 23.5 Å². The Labute approximate surface area is 165 Å². The fourth-order valence-electron chi connectivity index (χ4n) is 3.43. The van der Waals surface area contributed by atoms with Crippen molar-refractivity contribution in [2.24, 2.45) is 0 Å². The lowest BCUT2D eigenvalue weighted by Crippen LogP contribution is -2.48. The van der Waals surface area contributed by atoms with Crippen LogP contribution >= 0.6 is 0 Å². The van der Waals surface area contributed by atoms with Gasteiger partial charge in [0.15, 0.2) is 0 Å². The molecule has 1 saturated heterocycles. The van der Waals surface area contributed by atoms with Gasteiger partial charge in [-0.15, -0.1) is 0 Å². The summed E-state index contributed by atoms with van der Waals surface area (Å²) in [6, 6.07) is 14.0. The number of amides is 2. The van der Waals surface area contributed by atoms with Crippen LogP contribution in [0.15, 0.2) is 48.5 Å². The van der Waals surface area contributed by atoms with Crippen molar-refractivity contribution in [1.82, 2.24) is 4.90 Å². The molecule has 0 saturated carbocycles. The summed E-state index contributed by atoms with van der Waals surface area (Å²) in [7, 11) is 0. The highest BCUT2D eigenvalue weighted by atomic mass is 19.1. The summed E-state index contributed by atoms with van der Waals surface area (Å²) in [5.74, 6) is -0.215. The van der Waals surface area contributed by atoms with E-state index in [1.165, 1.54) is 12.1 Å². The van der Waals surface area contributed by atoms with Crippen LogP contribution in [0.25, 0.3) is 0 Å². The van der Waals surface area contributed by atoms with Crippen molar-refractivity contribution in [3.8, 4) is 0 Å². The Morgan fingerprint density at radius 3 is 2.18 bits per heavy atom. The van der Waals surface area contributed by atoms with Gasteiger partial charge < -0.3 is 15.1 Å². The van der Waals surface area contributed by atoms with Crippen molar-refractivity contribution in [1.29, 1.82) is 0 Å². The number of hydrogen-bond donors (Lipinski definition) is 1. The van der Waals surface area contributed by atoms with Crippen LogP contribution in [0.1, 0.15) is 31.7 Å². The molecule has 3 rings (SSSR count). The van der Waals surface area contributed by atoms with Crippen molar-refractivity contribution in [3.05, 3.63) is 59.9 Å². The third kappa shape index (κ3) is 5.09. The fourth-order valence-corrected chi connectivity index (χ4v) is 3.43. The molecule has 1 N–H and O–H groups in total. The number of halogens is 1. The average Bonchev–Trinajstić information content (AvgIpc) is 2.69. The van der Waals surface area contributed by atoms with Crippen LogP contribution in [0, 0.1) is 5.82 Å². The smallest absolute Gasteiger partial charge is 0.224 e. The molecule has 5 nitrogen and oxygen atoms in total. The Balaban J connectivity index is 1.52. The van der Waals surface area contributed by atoms with Crippen molar-refractivity contribution in [2.45, 2.75) is 26.2 Å². The Morgan fingerprint density at radius 2 is 1.61 bits per heavy atom. The second-order valence-corrected chi connectivity index (χ2v) is 7.24. The van der Waals surface area contributed by atoms with Gasteiger partial charge in [0.2, 0.25) is 11.8 Å². The summed E-state index contributed by atoms with van der Waals surface area (Å²) in [4.78, 5) is 27.8. The molecule has 1 aliphatic rings. The molecule has 0 bridgehead atoms. The maximum absolute atomic E-state index is 13.0. The van der Waals surface area contributed by atoms with Crippen molar-refractivity contribution in [3.63, 3.8) is 0 Å². The first-order chi connectivity index (χ1) is 13.4. The van der Waals surface area contributed by atoms with Gasteiger partial charge in [0.05, 0.1) is 0 Å². The topological polar surface area (TPSA) is 52.7 Å². The van der Waals surface area contributed by atoms with Crippen molar-refractivity contribution >= 4 is 23.2 Å². The summed E-state index contributed by atoms with van der Waals surface area (Å²) in [6.45, 7) is 6.63. The van der Waals surface area contributed by atoms with Crippen LogP contribution in [0.2, 0.25) is 0 Å². The molecule has 1 unspecified atom stereocenters. The lowest BCUT2D eigenvalue weighted by molar-refractivity contribution is -0.129. The second-order valence-electron chi connectivity index (χ2n) is 7.24. The molecule has 2 aromatic carbocycles. The summed E-state index contributed by atoms with van der Waals surface area (Å²) in [5, 5.41) is 2.92. The first-order valence-electron chi connectivity index (χ1n) is 9.58. The quantitative estimate of drug-likeness (QED) is 0.858. The van der Waals surface area contributed by atoms with Crippen LogP contribution in [0.4, 0.5) is 15.8 Å². The zero-order valence-corrected chi connectivity index (χ0v) is 16.3. The van der Waals surface area contributed by atoms with Crippen LogP contribution in [0.5, 0.6) is 0 Å². The number of rotatable bonds is 5. The lowest BCUT2D eigenvalue weighted by atomic mass is 9.97. The van der Waals surface area contributed by atoms with Gasteiger partial charge in [0, 0.05) is 50.9 Å². The van der Waals surface area contributed by atoms with Gasteiger partial charge in [-0.05, 0) is 47.9 Å². The third-order valence-corrected chi connectivity index (χ3v) is 5.17. The van der Waals surface area contributed by atoms with E-state index in [0.29, 0.717) is 6.42 Å². The Hall–Kier alpha value is -2.89. The van der Waals surface area contributed by atoms with Crippen LogP contribution in [-0.4, -0.2) is 42.9 Å². The van der Waals surface area contributed by atoms with E-state index in [2.05, 4.69) is 10.2 Å². The van der Waals surface area contributed by atoms with Gasteiger partial charge in [-0.2, -0.15) is 0 Å². The van der Waals surface area contributed by atoms with Crippen molar-refractivity contribution < 1.29 is 14.0 Å². The van der Waals surface area contributed by atoms with Crippen LogP contribution in [-0.2, 0) is 9.59 Å². The van der Waals surface area contributed by atoms with Gasteiger partial charge >= 0.3 is 0 Å². The molecule has 2 amide bonds. The molecule has 6 heteroatoms. The summed E-state index contributed by atoms with van der Waals surface area (Å²) in [5.41, 5.74) is 2.78. The van der Waals surface area contributed by atoms with Gasteiger partial charge in [0.25, 0.3) is 0 Å². The Bertz CT molecular complexity index is 813. The number of anilines is 2. The first kappa shape index (κ1) is 19.9. The van der Waals surface area contributed by atoms with Gasteiger partial charge in [-0.3, -0.25) is 9.59 Å². The molecule has 0 aliphatic carbocycles. The molecule has 1 heterocycles. The van der Waals surface area contributed by atoms with E-state index in [1.807, 2.05) is 36.1 Å². The number of nitrogens with zero attached hydrogens (tertiary/aromatic N) is 2. The van der Waals surface area contributed by atoms with E-state index in [4.69, 9.17) is 0 Å². The maximum atomic E-state index is 13.0. The number of benzene rings is 2. The number of nitrogens with one attached hydrogen (secondary N) is 1. The second kappa shape index (κ2) is 8.87. The summed E-state index contributed by atoms with van der Waals surface area (Å²) >= 11 is 0. The lowest BCUT2D eigenvalue weighted by Gasteiger charge is -2.35. The highest BCUT2D eigenvalue weighted by molar-refractivity contribution is 5.91. The van der Waals surface area contributed by atoms with Crippen LogP contribution < -0.4 is 10.2 Å².